The molecule has 0 aromatic carbocycles. The second kappa shape index (κ2) is 5.59. The van der Waals surface area contributed by atoms with Crippen molar-refractivity contribution >= 4 is 5.91 Å². The molecular formula is C19H35NO. The van der Waals surface area contributed by atoms with Crippen molar-refractivity contribution in [3.63, 3.8) is 0 Å². The van der Waals surface area contributed by atoms with E-state index in [-0.39, 0.29) is 5.41 Å². The molecule has 2 nitrogen and oxygen atoms in total. The Labute approximate surface area is 131 Å². The second-order valence-corrected chi connectivity index (χ2v) is 9.92. The van der Waals surface area contributed by atoms with Gasteiger partial charge >= 0.3 is 0 Å². The summed E-state index contributed by atoms with van der Waals surface area (Å²) in [4.78, 5) is 14.4. The molecule has 0 bridgehead atoms. The molecule has 1 heterocycles. The summed E-state index contributed by atoms with van der Waals surface area (Å²) in [6, 6.07) is 0. The highest BCUT2D eigenvalue weighted by Gasteiger charge is 2.46. The van der Waals surface area contributed by atoms with Crippen LogP contribution in [0.3, 0.4) is 0 Å². The highest BCUT2D eigenvalue weighted by molar-refractivity contribution is 5.81. The molecule has 2 aliphatic rings. The maximum absolute atomic E-state index is 12.3. The van der Waals surface area contributed by atoms with E-state index in [1.807, 2.05) is 20.8 Å². The van der Waals surface area contributed by atoms with Crippen LogP contribution in [0.1, 0.15) is 80.1 Å². The van der Waals surface area contributed by atoms with Crippen LogP contribution in [0.4, 0.5) is 0 Å². The summed E-state index contributed by atoms with van der Waals surface area (Å²) in [5, 5.41) is 0. The van der Waals surface area contributed by atoms with Crippen molar-refractivity contribution in [1.29, 1.82) is 0 Å². The third kappa shape index (κ3) is 4.23. The van der Waals surface area contributed by atoms with Gasteiger partial charge in [-0.15, -0.1) is 0 Å². The largest absolute Gasteiger partial charge is 0.342 e. The molecule has 1 spiro atoms. The summed E-state index contributed by atoms with van der Waals surface area (Å²) in [6.07, 6.45) is 8.06. The second-order valence-electron chi connectivity index (χ2n) is 9.92. The molecular weight excluding hydrogens is 258 g/mol. The van der Waals surface area contributed by atoms with Crippen LogP contribution in [-0.2, 0) is 4.79 Å². The molecule has 0 unspecified atom stereocenters. The number of likely N-dealkylation sites (tertiary alicyclic amines) is 1. The van der Waals surface area contributed by atoms with Crippen molar-refractivity contribution in [1.82, 2.24) is 4.90 Å². The van der Waals surface area contributed by atoms with Crippen molar-refractivity contribution in [3.05, 3.63) is 0 Å². The predicted molar refractivity (Wildman–Crippen MR) is 89.1 cm³/mol. The highest BCUT2D eigenvalue weighted by Crippen LogP contribution is 2.54. The first kappa shape index (κ1) is 16.8. The SMILES string of the molecule is CC(C)(C)CCC1CC2(CCN(C(=O)C(C)(C)C)CC2)C1. The first-order valence-corrected chi connectivity index (χ1v) is 8.80. The standard InChI is InChI=1S/C19H35NO/c1-17(2,3)8-7-15-13-19(14-15)9-11-20(12-10-19)16(21)18(4,5)6/h15H,7-14H2,1-6H3. The third-order valence-corrected chi connectivity index (χ3v) is 5.50. The van der Waals surface area contributed by atoms with Gasteiger partial charge in [0.15, 0.2) is 0 Å². The van der Waals surface area contributed by atoms with Crippen LogP contribution in [0.2, 0.25) is 0 Å². The third-order valence-electron chi connectivity index (χ3n) is 5.50. The summed E-state index contributed by atoms with van der Waals surface area (Å²) in [5.74, 6) is 1.29. The van der Waals surface area contributed by atoms with Gasteiger partial charge in [-0.2, -0.15) is 0 Å². The predicted octanol–water partition coefficient (Wildman–Crippen LogP) is 4.88. The van der Waals surface area contributed by atoms with E-state index in [9.17, 15) is 4.79 Å². The molecule has 0 N–H and O–H groups in total. The fraction of sp³-hybridized carbons (Fsp3) is 0.947. The van der Waals surface area contributed by atoms with Crippen molar-refractivity contribution in [2.24, 2.45) is 22.2 Å². The van der Waals surface area contributed by atoms with Gasteiger partial charge in [-0.05, 0) is 55.3 Å². The minimum absolute atomic E-state index is 0.223. The molecule has 21 heavy (non-hydrogen) atoms. The quantitative estimate of drug-likeness (QED) is 0.710. The monoisotopic (exact) mass is 293 g/mol. The molecule has 0 aromatic rings. The van der Waals surface area contributed by atoms with E-state index >= 15 is 0 Å². The summed E-state index contributed by atoms with van der Waals surface area (Å²) >= 11 is 0. The van der Waals surface area contributed by atoms with Gasteiger partial charge in [0.05, 0.1) is 0 Å². The van der Waals surface area contributed by atoms with Gasteiger partial charge in [0, 0.05) is 18.5 Å². The normalized spacial score (nSPS) is 23.2. The van der Waals surface area contributed by atoms with Crippen LogP contribution in [0.25, 0.3) is 0 Å². The Hall–Kier alpha value is -0.530. The number of carbonyl (C=O) groups is 1. The van der Waals surface area contributed by atoms with Crippen molar-refractivity contribution in [3.8, 4) is 0 Å². The van der Waals surface area contributed by atoms with Crippen LogP contribution in [0.5, 0.6) is 0 Å². The van der Waals surface area contributed by atoms with Gasteiger partial charge in [0.1, 0.15) is 0 Å². The number of piperidine rings is 1. The number of nitrogens with zero attached hydrogens (tertiary/aromatic N) is 1. The Morgan fingerprint density at radius 1 is 1.05 bits per heavy atom. The van der Waals surface area contributed by atoms with E-state index in [1.54, 1.807) is 0 Å². The molecule has 122 valence electrons. The van der Waals surface area contributed by atoms with Crippen molar-refractivity contribution in [2.75, 3.05) is 13.1 Å². The zero-order valence-corrected chi connectivity index (χ0v) is 15.1. The molecule has 0 aromatic heterocycles. The summed E-state index contributed by atoms with van der Waals surface area (Å²) in [6.45, 7) is 15.1. The van der Waals surface area contributed by atoms with E-state index in [2.05, 4.69) is 25.7 Å². The van der Waals surface area contributed by atoms with E-state index in [1.165, 1.54) is 38.5 Å². The summed E-state index contributed by atoms with van der Waals surface area (Å²) in [7, 11) is 0. The average molecular weight is 293 g/mol. The van der Waals surface area contributed by atoms with Gasteiger partial charge in [0.2, 0.25) is 5.91 Å². The Balaban J connectivity index is 1.75. The zero-order chi connectivity index (χ0) is 15.9. The molecule has 1 aliphatic heterocycles. The maximum Gasteiger partial charge on any atom is 0.227 e. The fourth-order valence-corrected chi connectivity index (χ4v) is 4.07. The van der Waals surface area contributed by atoms with Crippen LogP contribution in [-0.4, -0.2) is 23.9 Å². The Morgan fingerprint density at radius 2 is 1.57 bits per heavy atom. The number of carbonyl (C=O) groups excluding carboxylic acids is 1. The van der Waals surface area contributed by atoms with Gasteiger partial charge in [-0.3, -0.25) is 4.79 Å². The van der Waals surface area contributed by atoms with Gasteiger partial charge in [0.25, 0.3) is 0 Å². The van der Waals surface area contributed by atoms with Gasteiger partial charge < -0.3 is 4.90 Å². The van der Waals surface area contributed by atoms with Gasteiger partial charge in [-0.1, -0.05) is 41.5 Å². The Morgan fingerprint density at radius 3 is 2.00 bits per heavy atom. The fourth-order valence-electron chi connectivity index (χ4n) is 4.07. The molecule has 1 aliphatic carbocycles. The lowest BCUT2D eigenvalue weighted by molar-refractivity contribution is -0.143. The molecule has 1 amide bonds. The number of rotatable bonds is 2. The van der Waals surface area contributed by atoms with E-state index < -0.39 is 0 Å². The van der Waals surface area contributed by atoms with Crippen LogP contribution in [0.15, 0.2) is 0 Å². The first-order chi connectivity index (χ1) is 9.51. The summed E-state index contributed by atoms with van der Waals surface area (Å²) < 4.78 is 0. The maximum atomic E-state index is 12.3. The molecule has 0 atom stereocenters. The van der Waals surface area contributed by atoms with Crippen LogP contribution < -0.4 is 0 Å². The number of hydrogen-bond acceptors (Lipinski definition) is 1. The van der Waals surface area contributed by atoms with Crippen LogP contribution in [0, 0.1) is 22.2 Å². The zero-order valence-electron chi connectivity index (χ0n) is 15.1. The van der Waals surface area contributed by atoms with E-state index in [0.29, 0.717) is 16.7 Å². The Kier molecular flexibility index (Phi) is 4.48. The molecule has 1 saturated carbocycles. The average Bonchev–Trinajstić information content (AvgIpc) is 2.31. The van der Waals surface area contributed by atoms with E-state index in [4.69, 9.17) is 0 Å². The highest BCUT2D eigenvalue weighted by atomic mass is 16.2. The van der Waals surface area contributed by atoms with Crippen molar-refractivity contribution < 1.29 is 4.79 Å². The lowest BCUT2D eigenvalue weighted by Gasteiger charge is -2.53. The van der Waals surface area contributed by atoms with Crippen molar-refractivity contribution in [2.45, 2.75) is 80.1 Å². The molecule has 2 rings (SSSR count). The summed E-state index contributed by atoms with van der Waals surface area (Å²) in [5.41, 5.74) is 0.849. The molecule has 2 fully saturated rings. The van der Waals surface area contributed by atoms with E-state index in [0.717, 1.165) is 19.0 Å². The smallest absolute Gasteiger partial charge is 0.227 e. The topological polar surface area (TPSA) is 20.3 Å². The molecule has 0 radical (unpaired) electrons. The minimum Gasteiger partial charge on any atom is -0.342 e. The number of hydrogen-bond donors (Lipinski definition) is 0. The lowest BCUT2D eigenvalue weighted by atomic mass is 9.56. The number of amides is 1. The molecule has 1 saturated heterocycles. The van der Waals surface area contributed by atoms with Gasteiger partial charge in [-0.25, -0.2) is 0 Å². The first-order valence-electron chi connectivity index (χ1n) is 8.80. The van der Waals surface area contributed by atoms with Crippen LogP contribution >= 0.6 is 0 Å². The lowest BCUT2D eigenvalue weighted by Crippen LogP contribution is -2.51. The minimum atomic E-state index is -0.223. The molecule has 2 heteroatoms. The Bertz CT molecular complexity index is 369.